The lowest BCUT2D eigenvalue weighted by molar-refractivity contribution is -0.144. The molecule has 2 bridgehead atoms. The van der Waals surface area contributed by atoms with Gasteiger partial charge < -0.3 is 9.73 Å². The summed E-state index contributed by atoms with van der Waals surface area (Å²) in [6, 6.07) is 10.1. The van der Waals surface area contributed by atoms with Crippen LogP contribution in [0.15, 0.2) is 57.6 Å². The van der Waals surface area contributed by atoms with Gasteiger partial charge in [-0.05, 0) is 70.9 Å². The second kappa shape index (κ2) is 7.23. The minimum Gasteiger partial charge on any atom is -0.452 e. The molecule has 0 radical (unpaired) electrons. The maximum atomic E-state index is 13.3. The molecule has 1 aromatic heterocycles. The van der Waals surface area contributed by atoms with Crippen LogP contribution in [-0.4, -0.2) is 22.6 Å². The summed E-state index contributed by atoms with van der Waals surface area (Å²) >= 11 is 3.28. The fourth-order valence-corrected chi connectivity index (χ4v) is 5.49. The zero-order chi connectivity index (χ0) is 21.0. The van der Waals surface area contributed by atoms with Crippen molar-refractivity contribution in [2.45, 2.75) is 25.8 Å². The van der Waals surface area contributed by atoms with E-state index in [9.17, 15) is 14.4 Å². The van der Waals surface area contributed by atoms with Gasteiger partial charge in [0.1, 0.15) is 11.8 Å². The number of carbonyl (C=O) groups excluding carboxylic acids is 3. The van der Waals surface area contributed by atoms with Gasteiger partial charge in [0.25, 0.3) is 0 Å². The van der Waals surface area contributed by atoms with Crippen molar-refractivity contribution >= 4 is 39.3 Å². The van der Waals surface area contributed by atoms with Gasteiger partial charge in [0, 0.05) is 5.69 Å². The summed E-state index contributed by atoms with van der Waals surface area (Å²) in [4.78, 5) is 40.7. The van der Waals surface area contributed by atoms with Crippen LogP contribution in [0, 0.1) is 30.6 Å². The number of benzene rings is 1. The van der Waals surface area contributed by atoms with Crippen molar-refractivity contribution in [1.82, 2.24) is 4.90 Å². The van der Waals surface area contributed by atoms with Gasteiger partial charge in [-0.3, -0.25) is 19.3 Å². The summed E-state index contributed by atoms with van der Waals surface area (Å²) in [5, 5.41) is 2.87. The average molecular weight is 469 g/mol. The van der Waals surface area contributed by atoms with E-state index in [-0.39, 0.29) is 47.8 Å². The number of hydrogen-bond acceptors (Lipinski definition) is 4. The van der Waals surface area contributed by atoms with E-state index in [0.29, 0.717) is 16.1 Å². The predicted molar refractivity (Wildman–Crippen MR) is 113 cm³/mol. The normalized spacial score (nSPS) is 27.6. The van der Waals surface area contributed by atoms with Crippen molar-refractivity contribution in [3.05, 3.63) is 64.5 Å². The number of halogens is 1. The first-order valence-electron chi connectivity index (χ1n) is 10.1. The molecule has 1 aliphatic heterocycles. The van der Waals surface area contributed by atoms with Gasteiger partial charge in [0.15, 0.2) is 4.67 Å². The summed E-state index contributed by atoms with van der Waals surface area (Å²) in [7, 11) is 0. The lowest BCUT2D eigenvalue weighted by atomic mass is 9.85. The number of likely N-dealkylation sites (tertiary alicyclic amines) is 1. The van der Waals surface area contributed by atoms with Crippen LogP contribution in [0.2, 0.25) is 0 Å². The highest BCUT2D eigenvalue weighted by molar-refractivity contribution is 9.10. The van der Waals surface area contributed by atoms with E-state index < -0.39 is 6.04 Å². The van der Waals surface area contributed by atoms with Crippen molar-refractivity contribution < 1.29 is 18.8 Å². The highest BCUT2D eigenvalue weighted by Gasteiger charge is 2.60. The first-order chi connectivity index (χ1) is 14.4. The number of aryl methyl sites for hydroxylation is 1. The molecule has 2 fully saturated rings. The Kier molecular flexibility index (Phi) is 4.65. The summed E-state index contributed by atoms with van der Waals surface area (Å²) in [5.74, 6) is -0.634. The first-order valence-corrected chi connectivity index (χ1v) is 10.9. The van der Waals surface area contributed by atoms with E-state index in [1.165, 1.54) is 4.90 Å². The van der Waals surface area contributed by atoms with Crippen molar-refractivity contribution in [3.8, 4) is 0 Å². The van der Waals surface area contributed by atoms with E-state index in [4.69, 9.17) is 4.42 Å². The molecule has 1 saturated heterocycles. The quantitative estimate of drug-likeness (QED) is 0.525. The largest absolute Gasteiger partial charge is 0.452 e. The van der Waals surface area contributed by atoms with Gasteiger partial charge >= 0.3 is 0 Å². The molecule has 1 N–H and O–H groups in total. The molecular formula is C23H21BrN2O4. The molecule has 5 rings (SSSR count). The van der Waals surface area contributed by atoms with Crippen LogP contribution >= 0.6 is 15.9 Å². The van der Waals surface area contributed by atoms with Crippen LogP contribution in [-0.2, 0) is 14.4 Å². The molecular weight excluding hydrogens is 448 g/mol. The minimum absolute atomic E-state index is 0.0619. The number of hydrogen-bond donors (Lipinski definition) is 1. The monoisotopic (exact) mass is 468 g/mol. The molecule has 5 atom stereocenters. The fraction of sp³-hybridized carbons (Fsp3) is 0.348. The highest BCUT2D eigenvalue weighted by atomic mass is 79.9. The number of fused-ring (bicyclic) bond motifs is 5. The highest BCUT2D eigenvalue weighted by Crippen LogP contribution is 2.54. The minimum atomic E-state index is -0.772. The van der Waals surface area contributed by atoms with Crippen LogP contribution < -0.4 is 5.32 Å². The third-order valence-corrected chi connectivity index (χ3v) is 6.85. The molecule has 7 heteroatoms. The van der Waals surface area contributed by atoms with Gasteiger partial charge in [-0.25, -0.2) is 0 Å². The molecule has 2 aliphatic carbocycles. The summed E-state index contributed by atoms with van der Waals surface area (Å²) < 4.78 is 6.18. The second-order valence-electron chi connectivity index (χ2n) is 8.33. The van der Waals surface area contributed by atoms with E-state index >= 15 is 0 Å². The standard InChI is InChI=1S/C23H21BrN2O4/c1-12-3-2-4-15(9-12)25-19(27)11-16(17-7-8-18(24)30-17)26-22(28)20-13-5-6-14(10-13)21(20)23(26)29/h2-9,13-14,16,20-21H,10-11H2,1H3,(H,25,27). The lowest BCUT2D eigenvalue weighted by Gasteiger charge is -2.26. The van der Waals surface area contributed by atoms with Crippen LogP contribution in [0.25, 0.3) is 0 Å². The van der Waals surface area contributed by atoms with Crippen molar-refractivity contribution in [1.29, 1.82) is 0 Å². The third-order valence-electron chi connectivity index (χ3n) is 6.42. The van der Waals surface area contributed by atoms with Crippen molar-refractivity contribution in [2.75, 3.05) is 5.32 Å². The van der Waals surface area contributed by atoms with Crippen LogP contribution in [0.5, 0.6) is 0 Å². The van der Waals surface area contributed by atoms with Crippen molar-refractivity contribution in [2.24, 2.45) is 23.7 Å². The topological polar surface area (TPSA) is 79.6 Å². The number of nitrogens with one attached hydrogen (secondary N) is 1. The molecule has 2 heterocycles. The number of nitrogens with zero attached hydrogens (tertiary/aromatic N) is 1. The number of furan rings is 1. The molecule has 1 aromatic carbocycles. The molecule has 3 aliphatic rings. The molecule has 154 valence electrons. The first kappa shape index (κ1) is 19.3. The molecule has 30 heavy (non-hydrogen) atoms. The van der Waals surface area contributed by atoms with Crippen molar-refractivity contribution in [3.63, 3.8) is 0 Å². The summed E-state index contributed by atoms with van der Waals surface area (Å²) in [5.41, 5.74) is 1.71. The number of imide groups is 1. The zero-order valence-corrected chi connectivity index (χ0v) is 18.0. The average Bonchev–Trinajstić information content (AvgIpc) is 3.45. The van der Waals surface area contributed by atoms with E-state index in [1.54, 1.807) is 12.1 Å². The van der Waals surface area contributed by atoms with E-state index in [2.05, 4.69) is 33.4 Å². The van der Waals surface area contributed by atoms with Gasteiger partial charge in [-0.15, -0.1) is 0 Å². The van der Waals surface area contributed by atoms with E-state index in [1.807, 2.05) is 31.2 Å². The fourth-order valence-electron chi connectivity index (χ4n) is 5.17. The Bertz CT molecular complexity index is 1040. The van der Waals surface area contributed by atoms with Gasteiger partial charge in [0.05, 0.1) is 18.3 Å². The second-order valence-corrected chi connectivity index (χ2v) is 9.11. The predicted octanol–water partition coefficient (Wildman–Crippen LogP) is 4.23. The van der Waals surface area contributed by atoms with Gasteiger partial charge in [0.2, 0.25) is 17.7 Å². The molecule has 2 aromatic rings. The number of carbonyl (C=O) groups is 3. The summed E-state index contributed by atoms with van der Waals surface area (Å²) in [6.07, 6.45) is 4.92. The Morgan fingerprint density at radius 2 is 1.87 bits per heavy atom. The Balaban J connectivity index is 1.42. The summed E-state index contributed by atoms with van der Waals surface area (Å²) in [6.45, 7) is 1.95. The molecule has 5 unspecified atom stereocenters. The number of rotatable bonds is 5. The van der Waals surface area contributed by atoms with Gasteiger partial charge in [-0.1, -0.05) is 24.3 Å². The molecule has 0 spiro atoms. The lowest BCUT2D eigenvalue weighted by Crippen LogP contribution is -2.38. The molecule has 6 nitrogen and oxygen atoms in total. The maximum Gasteiger partial charge on any atom is 0.234 e. The third kappa shape index (κ3) is 3.12. The SMILES string of the molecule is Cc1cccc(NC(=O)CC(c2ccc(Br)o2)N2C(=O)C3C4C=CC(C4)C3C2=O)c1. The zero-order valence-electron chi connectivity index (χ0n) is 16.4. The number of amides is 3. The number of anilines is 1. The van der Waals surface area contributed by atoms with Crippen LogP contribution in [0.1, 0.15) is 30.2 Å². The smallest absolute Gasteiger partial charge is 0.234 e. The Morgan fingerprint density at radius 1 is 1.17 bits per heavy atom. The Labute approximate surface area is 182 Å². The molecule has 3 amide bonds. The van der Waals surface area contributed by atoms with Gasteiger partial charge in [-0.2, -0.15) is 0 Å². The van der Waals surface area contributed by atoms with E-state index in [0.717, 1.165) is 12.0 Å². The van der Waals surface area contributed by atoms with Crippen LogP contribution in [0.4, 0.5) is 5.69 Å². The van der Waals surface area contributed by atoms with Crippen LogP contribution in [0.3, 0.4) is 0 Å². The molecule has 1 saturated carbocycles. The maximum absolute atomic E-state index is 13.3. The number of allylic oxidation sites excluding steroid dienone is 2. The Hall–Kier alpha value is -2.67. The Morgan fingerprint density at radius 3 is 2.47 bits per heavy atom.